The summed E-state index contributed by atoms with van der Waals surface area (Å²) in [4.78, 5) is 0. The van der Waals surface area contributed by atoms with Crippen LogP contribution in [0.25, 0.3) is 10.8 Å². The molecule has 20 heavy (non-hydrogen) atoms. The van der Waals surface area contributed by atoms with Crippen LogP contribution in [0.1, 0.15) is 11.6 Å². The second-order valence-corrected chi connectivity index (χ2v) is 4.93. The van der Waals surface area contributed by atoms with E-state index < -0.39 is 0 Å². The van der Waals surface area contributed by atoms with Crippen molar-refractivity contribution in [3.8, 4) is 0 Å². The quantitative estimate of drug-likeness (QED) is 0.934. The van der Waals surface area contributed by atoms with Gasteiger partial charge in [0.1, 0.15) is 11.9 Å². The van der Waals surface area contributed by atoms with Crippen LogP contribution in [0.4, 0.5) is 4.39 Å². The Labute approximate surface area is 117 Å². The number of rotatable bonds is 3. The predicted molar refractivity (Wildman–Crippen MR) is 76.3 cm³/mol. The second-order valence-electron chi connectivity index (χ2n) is 4.93. The van der Waals surface area contributed by atoms with Gasteiger partial charge in [-0.2, -0.15) is 0 Å². The minimum atomic E-state index is -0.194. The van der Waals surface area contributed by atoms with Gasteiger partial charge in [0.25, 0.3) is 0 Å². The standard InChI is InChI=1S/C16H18FNO2/c1-18-16(15-10-19-8-9-20-15)13-6-7-14(17)12-5-3-2-4-11(12)13/h2-7,15-16,18H,8-10H2,1H3. The van der Waals surface area contributed by atoms with Crippen LogP contribution in [0.5, 0.6) is 0 Å². The number of benzene rings is 2. The summed E-state index contributed by atoms with van der Waals surface area (Å²) in [6.07, 6.45) is -0.0531. The van der Waals surface area contributed by atoms with Crippen LogP contribution >= 0.6 is 0 Å². The summed E-state index contributed by atoms with van der Waals surface area (Å²) in [6.45, 7) is 1.79. The third-order valence-electron chi connectivity index (χ3n) is 3.76. The van der Waals surface area contributed by atoms with Crippen molar-refractivity contribution in [2.24, 2.45) is 0 Å². The molecule has 1 saturated heterocycles. The number of fused-ring (bicyclic) bond motifs is 1. The number of halogens is 1. The lowest BCUT2D eigenvalue weighted by atomic mass is 9.95. The Morgan fingerprint density at radius 3 is 2.65 bits per heavy atom. The van der Waals surface area contributed by atoms with E-state index in [0.717, 1.165) is 10.9 Å². The fraction of sp³-hybridized carbons (Fsp3) is 0.375. The van der Waals surface area contributed by atoms with Crippen molar-refractivity contribution in [1.82, 2.24) is 5.32 Å². The summed E-state index contributed by atoms with van der Waals surface area (Å²) in [5.74, 6) is -0.194. The summed E-state index contributed by atoms with van der Waals surface area (Å²) >= 11 is 0. The molecule has 0 bridgehead atoms. The van der Waals surface area contributed by atoms with E-state index in [1.807, 2.05) is 31.3 Å². The molecule has 0 aliphatic carbocycles. The van der Waals surface area contributed by atoms with Crippen molar-refractivity contribution >= 4 is 10.8 Å². The molecule has 1 aliphatic heterocycles. The average molecular weight is 275 g/mol. The zero-order chi connectivity index (χ0) is 13.9. The number of likely N-dealkylation sites (N-methyl/N-ethyl adjacent to an activating group) is 1. The van der Waals surface area contributed by atoms with Crippen LogP contribution in [-0.4, -0.2) is 33.0 Å². The number of hydrogen-bond donors (Lipinski definition) is 1. The van der Waals surface area contributed by atoms with Gasteiger partial charge in [-0.15, -0.1) is 0 Å². The van der Waals surface area contributed by atoms with Gasteiger partial charge in [0.15, 0.2) is 0 Å². The first kappa shape index (κ1) is 13.5. The van der Waals surface area contributed by atoms with Gasteiger partial charge in [-0.1, -0.05) is 30.3 Å². The highest BCUT2D eigenvalue weighted by Gasteiger charge is 2.26. The predicted octanol–water partition coefficient (Wildman–Crippen LogP) is 2.65. The first-order valence-electron chi connectivity index (χ1n) is 6.85. The van der Waals surface area contributed by atoms with Gasteiger partial charge in [0, 0.05) is 5.39 Å². The molecule has 0 saturated carbocycles. The van der Waals surface area contributed by atoms with E-state index in [1.54, 1.807) is 6.07 Å². The Morgan fingerprint density at radius 2 is 1.95 bits per heavy atom. The topological polar surface area (TPSA) is 30.5 Å². The molecule has 2 unspecified atom stereocenters. The molecule has 4 heteroatoms. The highest BCUT2D eigenvalue weighted by atomic mass is 19.1. The highest BCUT2D eigenvalue weighted by molar-refractivity contribution is 5.86. The third-order valence-corrected chi connectivity index (χ3v) is 3.76. The molecule has 0 spiro atoms. The van der Waals surface area contributed by atoms with Gasteiger partial charge in [0.2, 0.25) is 0 Å². The summed E-state index contributed by atoms with van der Waals surface area (Å²) in [7, 11) is 1.89. The summed E-state index contributed by atoms with van der Waals surface area (Å²) in [5, 5.41) is 4.83. The molecule has 1 N–H and O–H groups in total. The normalized spacial score (nSPS) is 21.0. The minimum Gasteiger partial charge on any atom is -0.376 e. The molecule has 0 aromatic heterocycles. The van der Waals surface area contributed by atoms with Crippen molar-refractivity contribution in [3.63, 3.8) is 0 Å². The lowest BCUT2D eigenvalue weighted by Gasteiger charge is -2.31. The molecule has 1 heterocycles. The van der Waals surface area contributed by atoms with E-state index in [-0.39, 0.29) is 18.0 Å². The largest absolute Gasteiger partial charge is 0.376 e. The first-order valence-corrected chi connectivity index (χ1v) is 6.85. The third kappa shape index (κ3) is 2.42. The molecular weight excluding hydrogens is 257 g/mol. The van der Waals surface area contributed by atoms with E-state index in [4.69, 9.17) is 9.47 Å². The lowest BCUT2D eigenvalue weighted by Crippen LogP contribution is -2.39. The Kier molecular flexibility index (Phi) is 3.96. The van der Waals surface area contributed by atoms with E-state index in [9.17, 15) is 4.39 Å². The molecule has 2 aromatic rings. The summed E-state index contributed by atoms with van der Waals surface area (Å²) < 4.78 is 25.2. The molecule has 3 nitrogen and oxygen atoms in total. The Balaban J connectivity index is 2.05. The molecule has 2 atom stereocenters. The van der Waals surface area contributed by atoms with Gasteiger partial charge in [0.05, 0.1) is 25.9 Å². The van der Waals surface area contributed by atoms with Crippen LogP contribution in [-0.2, 0) is 9.47 Å². The molecular formula is C16H18FNO2. The number of ether oxygens (including phenoxy) is 2. The van der Waals surface area contributed by atoms with Gasteiger partial charge in [-0.3, -0.25) is 0 Å². The van der Waals surface area contributed by atoms with Gasteiger partial charge < -0.3 is 14.8 Å². The summed E-state index contributed by atoms with van der Waals surface area (Å²) in [5.41, 5.74) is 1.04. The maximum atomic E-state index is 13.9. The molecule has 0 radical (unpaired) electrons. The molecule has 106 valence electrons. The maximum Gasteiger partial charge on any atom is 0.131 e. The van der Waals surface area contributed by atoms with Crippen molar-refractivity contribution in [2.45, 2.75) is 12.1 Å². The average Bonchev–Trinajstić information content (AvgIpc) is 2.52. The fourth-order valence-corrected chi connectivity index (χ4v) is 2.80. The fourth-order valence-electron chi connectivity index (χ4n) is 2.80. The smallest absolute Gasteiger partial charge is 0.131 e. The minimum absolute atomic E-state index is 0.0131. The molecule has 3 rings (SSSR count). The molecule has 2 aromatic carbocycles. The van der Waals surface area contributed by atoms with Crippen LogP contribution in [0.2, 0.25) is 0 Å². The Bertz CT molecular complexity index is 596. The van der Waals surface area contributed by atoms with E-state index in [0.29, 0.717) is 25.2 Å². The molecule has 0 amide bonds. The highest BCUT2D eigenvalue weighted by Crippen LogP contribution is 2.29. The van der Waals surface area contributed by atoms with Crippen molar-refractivity contribution in [3.05, 3.63) is 47.8 Å². The second kappa shape index (κ2) is 5.87. The van der Waals surface area contributed by atoms with Gasteiger partial charge in [-0.05, 0) is 24.1 Å². The van der Waals surface area contributed by atoms with Crippen LogP contribution in [0, 0.1) is 5.82 Å². The first-order chi connectivity index (χ1) is 9.81. The molecule has 1 aliphatic rings. The monoisotopic (exact) mass is 275 g/mol. The van der Waals surface area contributed by atoms with Gasteiger partial charge in [-0.25, -0.2) is 4.39 Å². The SMILES string of the molecule is CNC(c1ccc(F)c2ccccc12)C1COCCO1. The van der Waals surface area contributed by atoms with Gasteiger partial charge >= 0.3 is 0 Å². The number of hydrogen-bond acceptors (Lipinski definition) is 3. The van der Waals surface area contributed by atoms with E-state index >= 15 is 0 Å². The zero-order valence-electron chi connectivity index (χ0n) is 11.4. The Hall–Kier alpha value is -1.49. The van der Waals surface area contributed by atoms with Crippen LogP contribution < -0.4 is 5.32 Å². The van der Waals surface area contributed by atoms with Crippen molar-refractivity contribution in [1.29, 1.82) is 0 Å². The molecule has 1 fully saturated rings. The van der Waals surface area contributed by atoms with Crippen LogP contribution in [0.3, 0.4) is 0 Å². The van der Waals surface area contributed by atoms with Crippen molar-refractivity contribution < 1.29 is 13.9 Å². The number of nitrogens with one attached hydrogen (secondary N) is 1. The zero-order valence-corrected chi connectivity index (χ0v) is 11.4. The van der Waals surface area contributed by atoms with E-state index in [2.05, 4.69) is 5.32 Å². The Morgan fingerprint density at radius 1 is 1.15 bits per heavy atom. The summed E-state index contributed by atoms with van der Waals surface area (Å²) in [6, 6.07) is 10.9. The van der Waals surface area contributed by atoms with Crippen LogP contribution in [0.15, 0.2) is 36.4 Å². The van der Waals surface area contributed by atoms with Crippen molar-refractivity contribution in [2.75, 3.05) is 26.9 Å². The lowest BCUT2D eigenvalue weighted by molar-refractivity contribution is -0.101. The van der Waals surface area contributed by atoms with E-state index in [1.165, 1.54) is 6.07 Å². The maximum absolute atomic E-state index is 13.9.